The van der Waals surface area contributed by atoms with E-state index < -0.39 is 0 Å². The molecule has 2 fully saturated rings. The Morgan fingerprint density at radius 1 is 1.30 bits per heavy atom. The molecule has 0 atom stereocenters. The molecule has 5 heteroatoms. The molecule has 0 radical (unpaired) electrons. The van der Waals surface area contributed by atoms with E-state index >= 15 is 0 Å². The molecule has 1 aliphatic heterocycles. The minimum absolute atomic E-state index is 0.0951. The smallest absolute Gasteiger partial charge is 0.223 e. The second-order valence-corrected chi connectivity index (χ2v) is 6.60. The second-order valence-electron chi connectivity index (χ2n) is 6.60. The molecule has 3 rings (SSSR count). The Balaban J connectivity index is 1.49. The third-order valence-electron chi connectivity index (χ3n) is 4.99. The van der Waals surface area contributed by atoms with Crippen molar-refractivity contribution in [2.24, 2.45) is 5.92 Å². The van der Waals surface area contributed by atoms with Crippen molar-refractivity contribution in [2.75, 3.05) is 13.1 Å². The number of hydrogen-bond acceptors (Lipinski definition) is 3. The molecular weight excluding hydrogens is 293 g/mol. The van der Waals surface area contributed by atoms with Gasteiger partial charge in [-0.25, -0.2) is 4.39 Å². The first-order valence-electron chi connectivity index (χ1n) is 8.37. The maximum absolute atomic E-state index is 13.9. The molecule has 1 heterocycles. The average Bonchev–Trinajstić information content (AvgIpc) is 2.53. The summed E-state index contributed by atoms with van der Waals surface area (Å²) in [5.74, 6) is -0.0366. The Kier molecular flexibility index (Phi) is 4.92. The minimum atomic E-state index is -0.325. The molecule has 1 saturated carbocycles. The molecule has 23 heavy (non-hydrogen) atoms. The van der Waals surface area contributed by atoms with Gasteiger partial charge in [0.05, 0.1) is 11.6 Å². The zero-order valence-electron chi connectivity index (χ0n) is 13.2. The molecule has 1 amide bonds. The van der Waals surface area contributed by atoms with Gasteiger partial charge in [0.2, 0.25) is 5.91 Å². The average molecular weight is 315 g/mol. The van der Waals surface area contributed by atoms with Crippen LogP contribution in [0.4, 0.5) is 4.39 Å². The van der Waals surface area contributed by atoms with Crippen LogP contribution in [0, 0.1) is 23.1 Å². The maximum Gasteiger partial charge on any atom is 0.223 e. The predicted molar refractivity (Wildman–Crippen MR) is 84.9 cm³/mol. The van der Waals surface area contributed by atoms with Gasteiger partial charge in [-0.2, -0.15) is 5.26 Å². The van der Waals surface area contributed by atoms with E-state index in [1.807, 2.05) is 6.07 Å². The zero-order valence-corrected chi connectivity index (χ0v) is 13.2. The van der Waals surface area contributed by atoms with Crippen LogP contribution in [0.15, 0.2) is 18.2 Å². The number of halogens is 1. The SMILES string of the molecule is N#Cc1ccc(CN2CCC(C(=O)NC3CCC3)CC2)c(F)c1. The number of carbonyl (C=O) groups excluding carboxylic acids is 1. The molecule has 0 unspecified atom stereocenters. The molecule has 0 spiro atoms. The summed E-state index contributed by atoms with van der Waals surface area (Å²) in [4.78, 5) is 14.3. The van der Waals surface area contributed by atoms with Crippen molar-refractivity contribution in [1.82, 2.24) is 10.2 Å². The Bertz CT molecular complexity index is 613. The lowest BCUT2D eigenvalue weighted by Crippen LogP contribution is -2.45. The first kappa shape index (κ1) is 15.9. The van der Waals surface area contributed by atoms with Crippen molar-refractivity contribution in [2.45, 2.75) is 44.7 Å². The highest BCUT2D eigenvalue weighted by Gasteiger charge is 2.28. The fourth-order valence-electron chi connectivity index (χ4n) is 3.21. The van der Waals surface area contributed by atoms with Crippen molar-refractivity contribution < 1.29 is 9.18 Å². The van der Waals surface area contributed by atoms with E-state index in [4.69, 9.17) is 5.26 Å². The van der Waals surface area contributed by atoms with E-state index in [9.17, 15) is 9.18 Å². The third kappa shape index (κ3) is 3.89. The molecule has 2 aliphatic rings. The molecule has 0 bridgehead atoms. The lowest BCUT2D eigenvalue weighted by atomic mass is 9.90. The Morgan fingerprint density at radius 3 is 2.61 bits per heavy atom. The number of carbonyl (C=O) groups is 1. The van der Waals surface area contributed by atoms with Crippen LogP contribution in [0.3, 0.4) is 0 Å². The van der Waals surface area contributed by atoms with Gasteiger partial charge in [-0.3, -0.25) is 9.69 Å². The van der Waals surface area contributed by atoms with Gasteiger partial charge in [0.25, 0.3) is 0 Å². The van der Waals surface area contributed by atoms with Gasteiger partial charge in [-0.05, 0) is 57.3 Å². The van der Waals surface area contributed by atoms with Gasteiger partial charge in [0, 0.05) is 24.1 Å². The second kappa shape index (κ2) is 7.10. The summed E-state index contributed by atoms with van der Waals surface area (Å²) in [7, 11) is 0. The summed E-state index contributed by atoms with van der Waals surface area (Å²) < 4.78 is 13.9. The van der Waals surface area contributed by atoms with Crippen LogP contribution in [0.1, 0.15) is 43.2 Å². The van der Waals surface area contributed by atoms with Gasteiger partial charge in [0.15, 0.2) is 0 Å². The number of hydrogen-bond donors (Lipinski definition) is 1. The lowest BCUT2D eigenvalue weighted by molar-refractivity contribution is -0.127. The largest absolute Gasteiger partial charge is 0.353 e. The summed E-state index contributed by atoms with van der Waals surface area (Å²) >= 11 is 0. The summed E-state index contributed by atoms with van der Waals surface area (Å²) in [6.07, 6.45) is 5.11. The van der Waals surface area contributed by atoms with Crippen molar-refractivity contribution in [3.63, 3.8) is 0 Å². The van der Waals surface area contributed by atoms with Crippen LogP contribution in [0.5, 0.6) is 0 Å². The quantitative estimate of drug-likeness (QED) is 0.929. The number of benzene rings is 1. The highest BCUT2D eigenvalue weighted by Crippen LogP contribution is 2.23. The molecular formula is C18H22FN3O. The number of piperidine rings is 1. The van der Waals surface area contributed by atoms with E-state index in [2.05, 4.69) is 10.2 Å². The van der Waals surface area contributed by atoms with Gasteiger partial charge in [-0.1, -0.05) is 6.07 Å². The summed E-state index contributed by atoms with van der Waals surface area (Å²) in [6.45, 7) is 2.15. The van der Waals surface area contributed by atoms with Crippen LogP contribution < -0.4 is 5.32 Å². The molecule has 4 nitrogen and oxygen atoms in total. The van der Waals surface area contributed by atoms with Crippen LogP contribution in [0.2, 0.25) is 0 Å². The van der Waals surface area contributed by atoms with Crippen LogP contribution >= 0.6 is 0 Å². The summed E-state index contributed by atoms with van der Waals surface area (Å²) in [5, 5.41) is 11.9. The Hall–Kier alpha value is -1.93. The van der Waals surface area contributed by atoms with Crippen LogP contribution in [-0.2, 0) is 11.3 Å². The van der Waals surface area contributed by atoms with Gasteiger partial charge >= 0.3 is 0 Å². The van der Waals surface area contributed by atoms with Gasteiger partial charge in [-0.15, -0.1) is 0 Å². The lowest BCUT2D eigenvalue weighted by Gasteiger charge is -2.33. The first-order chi connectivity index (χ1) is 11.2. The number of rotatable bonds is 4. The predicted octanol–water partition coefficient (Wildman–Crippen LogP) is 2.58. The number of likely N-dealkylation sites (tertiary alicyclic amines) is 1. The van der Waals surface area contributed by atoms with Crippen molar-refractivity contribution in [1.29, 1.82) is 5.26 Å². The highest BCUT2D eigenvalue weighted by molar-refractivity contribution is 5.79. The van der Waals surface area contributed by atoms with Crippen molar-refractivity contribution in [3.05, 3.63) is 35.1 Å². The van der Waals surface area contributed by atoms with Gasteiger partial charge < -0.3 is 5.32 Å². The Labute approximate surface area is 136 Å². The number of amides is 1. The normalized spacial score (nSPS) is 19.8. The standard InChI is InChI=1S/C18H22FN3O/c19-17-10-13(11-20)4-5-15(17)12-22-8-6-14(7-9-22)18(23)21-16-2-1-3-16/h4-5,10,14,16H,1-3,6-9,12H2,(H,21,23). The first-order valence-corrected chi connectivity index (χ1v) is 8.37. The third-order valence-corrected chi connectivity index (χ3v) is 4.99. The van der Waals surface area contributed by atoms with E-state index in [0.717, 1.165) is 38.8 Å². The van der Waals surface area contributed by atoms with E-state index in [-0.39, 0.29) is 17.6 Å². The fourth-order valence-corrected chi connectivity index (χ4v) is 3.21. The number of nitrogens with one attached hydrogen (secondary N) is 1. The van der Waals surface area contributed by atoms with E-state index in [1.165, 1.54) is 12.5 Å². The van der Waals surface area contributed by atoms with Gasteiger partial charge in [0.1, 0.15) is 5.82 Å². The molecule has 1 saturated heterocycles. The van der Waals surface area contributed by atoms with Crippen molar-refractivity contribution >= 4 is 5.91 Å². The van der Waals surface area contributed by atoms with Crippen LogP contribution in [0.25, 0.3) is 0 Å². The molecule has 1 aliphatic carbocycles. The molecule has 122 valence electrons. The van der Waals surface area contributed by atoms with Crippen LogP contribution in [-0.4, -0.2) is 29.9 Å². The molecule has 1 aromatic rings. The molecule has 0 aromatic heterocycles. The minimum Gasteiger partial charge on any atom is -0.353 e. The monoisotopic (exact) mass is 315 g/mol. The summed E-state index contributed by atoms with van der Waals surface area (Å²) in [5.41, 5.74) is 0.957. The maximum atomic E-state index is 13.9. The molecule has 1 N–H and O–H groups in total. The number of nitrogens with zero attached hydrogens (tertiary/aromatic N) is 2. The van der Waals surface area contributed by atoms with Crippen molar-refractivity contribution in [3.8, 4) is 6.07 Å². The highest BCUT2D eigenvalue weighted by atomic mass is 19.1. The summed E-state index contributed by atoms with van der Waals surface area (Å²) in [6, 6.07) is 6.96. The Morgan fingerprint density at radius 2 is 2.04 bits per heavy atom. The zero-order chi connectivity index (χ0) is 16.2. The molecule has 1 aromatic carbocycles. The topological polar surface area (TPSA) is 56.1 Å². The van der Waals surface area contributed by atoms with E-state index in [1.54, 1.807) is 12.1 Å². The number of nitriles is 1. The van der Waals surface area contributed by atoms with E-state index in [0.29, 0.717) is 23.7 Å². The fraction of sp³-hybridized carbons (Fsp3) is 0.556.